The van der Waals surface area contributed by atoms with Crippen LogP contribution >= 0.6 is 0 Å². The average molecular weight is 425 g/mol. The summed E-state index contributed by atoms with van der Waals surface area (Å²) in [6.07, 6.45) is 0. The third-order valence-electron chi connectivity index (χ3n) is 5.17. The average Bonchev–Trinajstić information content (AvgIpc) is 3.45. The molecule has 0 fully saturated rings. The lowest BCUT2D eigenvalue weighted by Gasteiger charge is -2.12. The molecule has 0 amide bonds. The van der Waals surface area contributed by atoms with Crippen molar-refractivity contribution in [2.45, 2.75) is 19.8 Å². The van der Waals surface area contributed by atoms with Crippen LogP contribution in [-0.2, 0) is 0 Å². The molecular formula is C20H19N5O6. The zero-order chi connectivity index (χ0) is 22.3. The van der Waals surface area contributed by atoms with Gasteiger partial charge in [0.25, 0.3) is 11.1 Å². The highest BCUT2D eigenvalue weighted by Crippen LogP contribution is 2.37. The van der Waals surface area contributed by atoms with E-state index in [9.17, 15) is 19.7 Å². The molecular weight excluding hydrogens is 406 g/mol. The van der Waals surface area contributed by atoms with Gasteiger partial charge in [0, 0.05) is 23.0 Å². The summed E-state index contributed by atoms with van der Waals surface area (Å²) < 4.78 is 11.0. The first-order chi connectivity index (χ1) is 14.8. The van der Waals surface area contributed by atoms with Crippen LogP contribution in [0.5, 0.6) is 5.75 Å². The lowest BCUT2D eigenvalue weighted by Crippen LogP contribution is -2.19. The number of furan rings is 1. The summed E-state index contributed by atoms with van der Waals surface area (Å²) in [5.74, 6) is 0.0317. The van der Waals surface area contributed by atoms with Gasteiger partial charge in [0.05, 0.1) is 29.1 Å². The summed E-state index contributed by atoms with van der Waals surface area (Å²) in [6.45, 7) is 3.43. The summed E-state index contributed by atoms with van der Waals surface area (Å²) in [5.41, 5.74) is 1.31. The Kier molecular flexibility index (Phi) is 4.85. The van der Waals surface area contributed by atoms with Gasteiger partial charge in [-0.3, -0.25) is 29.9 Å². The van der Waals surface area contributed by atoms with Gasteiger partial charge < -0.3 is 19.4 Å². The maximum absolute atomic E-state index is 12.5. The molecule has 0 aliphatic carbocycles. The number of hydrogen-bond acceptors (Lipinski definition) is 6. The predicted octanol–water partition coefficient (Wildman–Crippen LogP) is 2.69. The smallest absolute Gasteiger partial charge is 0.311 e. The topological polar surface area (TPSA) is 163 Å². The maximum atomic E-state index is 12.5. The predicted molar refractivity (Wildman–Crippen MR) is 111 cm³/mol. The van der Waals surface area contributed by atoms with Crippen molar-refractivity contribution < 1.29 is 14.1 Å². The number of aromatic amines is 4. The summed E-state index contributed by atoms with van der Waals surface area (Å²) in [7, 11) is 1.35. The third-order valence-corrected chi connectivity index (χ3v) is 5.17. The molecule has 0 aliphatic rings. The van der Waals surface area contributed by atoms with E-state index in [2.05, 4.69) is 20.4 Å². The number of nitrogens with zero attached hydrogens (tertiary/aromatic N) is 1. The van der Waals surface area contributed by atoms with Gasteiger partial charge in [0.1, 0.15) is 11.5 Å². The van der Waals surface area contributed by atoms with Crippen molar-refractivity contribution in [1.82, 2.24) is 20.4 Å². The Hall–Kier alpha value is -4.28. The van der Waals surface area contributed by atoms with E-state index < -0.39 is 10.8 Å². The Morgan fingerprint density at radius 3 is 2.06 bits per heavy atom. The fourth-order valence-electron chi connectivity index (χ4n) is 3.68. The van der Waals surface area contributed by atoms with Crippen LogP contribution in [0.15, 0.2) is 44.3 Å². The number of nitro groups is 1. The molecule has 0 atom stereocenters. The quantitative estimate of drug-likeness (QED) is 0.274. The van der Waals surface area contributed by atoms with E-state index in [1.165, 1.54) is 19.2 Å². The van der Waals surface area contributed by atoms with Crippen LogP contribution in [-0.4, -0.2) is 32.4 Å². The van der Waals surface area contributed by atoms with Crippen LogP contribution in [0.2, 0.25) is 0 Å². The van der Waals surface area contributed by atoms with Gasteiger partial charge in [-0.15, -0.1) is 0 Å². The zero-order valence-corrected chi connectivity index (χ0v) is 16.9. The largest absolute Gasteiger partial charge is 0.490 e. The fraction of sp³-hybridized carbons (Fsp3) is 0.200. The van der Waals surface area contributed by atoms with Crippen molar-refractivity contribution in [2.24, 2.45) is 0 Å². The summed E-state index contributed by atoms with van der Waals surface area (Å²) in [4.78, 5) is 35.8. The third kappa shape index (κ3) is 3.35. The number of benzene rings is 1. The van der Waals surface area contributed by atoms with Crippen LogP contribution in [0.25, 0.3) is 11.3 Å². The number of aromatic nitrogens is 4. The van der Waals surface area contributed by atoms with Crippen molar-refractivity contribution in [3.05, 3.63) is 89.4 Å². The Balaban J connectivity index is 1.87. The monoisotopic (exact) mass is 425 g/mol. The minimum absolute atomic E-state index is 0.127. The molecule has 0 aliphatic heterocycles. The lowest BCUT2D eigenvalue weighted by molar-refractivity contribution is -0.385. The second kappa shape index (κ2) is 7.52. The van der Waals surface area contributed by atoms with Crippen LogP contribution in [0, 0.1) is 24.0 Å². The molecule has 0 bridgehead atoms. The van der Waals surface area contributed by atoms with E-state index in [4.69, 9.17) is 9.15 Å². The molecule has 0 unspecified atom stereocenters. The van der Waals surface area contributed by atoms with Gasteiger partial charge in [-0.05, 0) is 38.1 Å². The molecule has 0 saturated heterocycles. The number of nitro benzene ring substituents is 1. The van der Waals surface area contributed by atoms with Crippen LogP contribution in [0.4, 0.5) is 5.69 Å². The second-order valence-electron chi connectivity index (χ2n) is 7.01. The SMILES string of the molecule is COc1ccc(-c2ccc(C(c3c(C)[nH][nH]c3=O)c3c(C)[nH][nH]c3=O)o2)cc1[N+](=O)[O-]. The minimum Gasteiger partial charge on any atom is -0.490 e. The van der Waals surface area contributed by atoms with E-state index in [1.54, 1.807) is 32.0 Å². The second-order valence-corrected chi connectivity index (χ2v) is 7.01. The van der Waals surface area contributed by atoms with Crippen LogP contribution < -0.4 is 15.9 Å². The molecule has 1 aromatic carbocycles. The molecule has 0 saturated carbocycles. The summed E-state index contributed by atoms with van der Waals surface area (Å²) in [6, 6.07) is 7.74. The van der Waals surface area contributed by atoms with Gasteiger partial charge in [-0.1, -0.05) is 0 Å². The standard InChI is InChI=1S/C20H19N5O6/c1-9-16(19(26)23-21-9)18(17-10(2)22-24-20(17)27)15-7-6-13(31-15)11-4-5-14(30-3)12(8-11)25(28)29/h4-8,18H,1-3H3,(H2,21,23,26)(H2,22,24,27). The van der Waals surface area contributed by atoms with Gasteiger partial charge in [-0.2, -0.15) is 0 Å². The van der Waals surface area contributed by atoms with Crippen molar-refractivity contribution in [3.8, 4) is 17.1 Å². The number of methoxy groups -OCH3 is 1. The first-order valence-electron chi connectivity index (χ1n) is 9.28. The van der Waals surface area contributed by atoms with E-state index >= 15 is 0 Å². The first kappa shape index (κ1) is 20.0. The highest BCUT2D eigenvalue weighted by atomic mass is 16.6. The van der Waals surface area contributed by atoms with E-state index in [1.807, 2.05) is 0 Å². The number of rotatable bonds is 6. The normalized spacial score (nSPS) is 11.2. The van der Waals surface area contributed by atoms with Gasteiger partial charge >= 0.3 is 5.69 Å². The molecule has 4 rings (SSSR count). The maximum Gasteiger partial charge on any atom is 0.311 e. The Morgan fingerprint density at radius 1 is 0.968 bits per heavy atom. The van der Waals surface area contributed by atoms with Crippen LogP contribution in [0.3, 0.4) is 0 Å². The molecule has 4 aromatic rings. The first-order valence-corrected chi connectivity index (χ1v) is 9.28. The molecule has 0 radical (unpaired) electrons. The van der Waals surface area contributed by atoms with Crippen molar-refractivity contribution in [1.29, 1.82) is 0 Å². The molecule has 11 heteroatoms. The lowest BCUT2D eigenvalue weighted by atomic mass is 9.89. The molecule has 11 nitrogen and oxygen atoms in total. The molecule has 31 heavy (non-hydrogen) atoms. The number of H-pyrrole nitrogens is 4. The number of nitrogens with one attached hydrogen (secondary N) is 4. The highest BCUT2D eigenvalue weighted by Gasteiger charge is 2.31. The van der Waals surface area contributed by atoms with Crippen molar-refractivity contribution >= 4 is 5.69 Å². The molecule has 3 heterocycles. The zero-order valence-electron chi connectivity index (χ0n) is 16.9. The molecule has 3 aromatic heterocycles. The number of ether oxygens (including phenoxy) is 1. The van der Waals surface area contributed by atoms with Crippen molar-refractivity contribution in [3.63, 3.8) is 0 Å². The molecule has 160 valence electrons. The Morgan fingerprint density at radius 2 is 1.58 bits per heavy atom. The van der Waals surface area contributed by atoms with E-state index in [0.29, 0.717) is 39.6 Å². The number of hydrogen-bond donors (Lipinski definition) is 4. The van der Waals surface area contributed by atoms with E-state index in [-0.39, 0.29) is 22.6 Å². The fourth-order valence-corrected chi connectivity index (χ4v) is 3.68. The minimum atomic E-state index is -0.785. The molecule has 0 spiro atoms. The van der Waals surface area contributed by atoms with Crippen LogP contribution in [0.1, 0.15) is 34.2 Å². The summed E-state index contributed by atoms with van der Waals surface area (Å²) in [5, 5.41) is 21.9. The van der Waals surface area contributed by atoms with Gasteiger partial charge in [-0.25, -0.2) is 0 Å². The Labute approximate surface area is 174 Å². The van der Waals surface area contributed by atoms with Gasteiger partial charge in [0.2, 0.25) is 0 Å². The van der Waals surface area contributed by atoms with Gasteiger partial charge in [0.15, 0.2) is 5.75 Å². The van der Waals surface area contributed by atoms with Crippen molar-refractivity contribution in [2.75, 3.05) is 7.11 Å². The number of aryl methyl sites for hydroxylation is 2. The Bertz CT molecular complexity index is 1330. The molecule has 4 N–H and O–H groups in total. The summed E-state index contributed by atoms with van der Waals surface area (Å²) >= 11 is 0. The van der Waals surface area contributed by atoms with E-state index in [0.717, 1.165) is 0 Å². The highest BCUT2D eigenvalue weighted by molar-refractivity contribution is 5.65.